The van der Waals surface area contributed by atoms with Crippen molar-refractivity contribution >= 4 is 11.9 Å². The van der Waals surface area contributed by atoms with Crippen molar-refractivity contribution < 1.29 is 19.5 Å². The summed E-state index contributed by atoms with van der Waals surface area (Å²) in [5.74, 6) is 2.33. The lowest BCUT2D eigenvalue weighted by Crippen LogP contribution is -2.33. The Kier molecular flexibility index (Phi) is 3.37. The predicted molar refractivity (Wildman–Crippen MR) is 30.5 cm³/mol. The minimum absolute atomic E-state index is 0.411. The monoisotopic (exact) mass is 148 g/mol. The predicted octanol–water partition coefficient (Wildman–Crippen LogP) is -1.79. The van der Waals surface area contributed by atoms with Crippen LogP contribution in [-0.2, 0) is 14.4 Å². The molecular formula is C4H8N2O4. The zero-order chi connectivity index (χ0) is 8.15. The molecule has 58 valence electrons. The summed E-state index contributed by atoms with van der Waals surface area (Å²) in [6.45, 7) is 0. The zero-order valence-electron chi connectivity index (χ0n) is 5.11. The second kappa shape index (κ2) is 3.80. The molecule has 0 aromatic heterocycles. The maximum atomic E-state index is 10.2. The molecule has 6 heteroatoms. The van der Waals surface area contributed by atoms with Gasteiger partial charge in [-0.05, 0) is 0 Å². The Morgan fingerprint density at radius 1 is 1.60 bits per heavy atom. The highest BCUT2D eigenvalue weighted by Gasteiger charge is 2.16. The van der Waals surface area contributed by atoms with Crippen molar-refractivity contribution in [1.29, 1.82) is 0 Å². The molecule has 0 saturated heterocycles. The van der Waals surface area contributed by atoms with Gasteiger partial charge in [0.2, 0.25) is 0 Å². The van der Waals surface area contributed by atoms with E-state index in [0.29, 0.717) is 0 Å². The van der Waals surface area contributed by atoms with Crippen LogP contribution in [0.3, 0.4) is 0 Å². The SMILES string of the molecule is NOC(=O)C[C@H](N)C(=O)O. The number of nitrogens with two attached hydrogens (primary N) is 2. The summed E-state index contributed by atoms with van der Waals surface area (Å²) in [5.41, 5.74) is 4.94. The van der Waals surface area contributed by atoms with Crippen LogP contribution in [0.4, 0.5) is 0 Å². The minimum Gasteiger partial charge on any atom is -0.480 e. The van der Waals surface area contributed by atoms with Gasteiger partial charge in [-0.25, -0.2) is 0 Å². The van der Waals surface area contributed by atoms with Crippen molar-refractivity contribution in [1.82, 2.24) is 0 Å². The van der Waals surface area contributed by atoms with E-state index in [-0.39, 0.29) is 0 Å². The first-order valence-electron chi connectivity index (χ1n) is 2.46. The third-order valence-corrected chi connectivity index (χ3v) is 0.835. The van der Waals surface area contributed by atoms with Crippen LogP contribution in [0.2, 0.25) is 0 Å². The standard InChI is InChI=1S/C4H8N2O4/c5-2(4(8)9)1-3(7)10-6/h2H,1,5-6H2,(H,8,9)/t2-/m0/s1. The first-order chi connectivity index (χ1) is 4.57. The quantitative estimate of drug-likeness (QED) is 0.407. The van der Waals surface area contributed by atoms with Crippen molar-refractivity contribution in [3.8, 4) is 0 Å². The Hall–Kier alpha value is -1.14. The van der Waals surface area contributed by atoms with Gasteiger partial charge >= 0.3 is 11.9 Å². The summed E-state index contributed by atoms with van der Waals surface area (Å²) >= 11 is 0. The van der Waals surface area contributed by atoms with Gasteiger partial charge in [0.1, 0.15) is 6.04 Å². The number of carbonyl (C=O) groups excluding carboxylic acids is 1. The fourth-order valence-electron chi connectivity index (χ4n) is 0.315. The average Bonchev–Trinajstić information content (AvgIpc) is 1.87. The van der Waals surface area contributed by atoms with E-state index in [9.17, 15) is 9.59 Å². The molecule has 6 nitrogen and oxygen atoms in total. The Morgan fingerprint density at radius 2 is 2.10 bits per heavy atom. The molecule has 0 heterocycles. The molecule has 0 unspecified atom stereocenters. The van der Waals surface area contributed by atoms with Gasteiger partial charge in [-0.3, -0.25) is 9.59 Å². The molecule has 1 atom stereocenters. The van der Waals surface area contributed by atoms with Crippen molar-refractivity contribution in [3.05, 3.63) is 0 Å². The van der Waals surface area contributed by atoms with Gasteiger partial charge in [-0.15, -0.1) is 0 Å². The van der Waals surface area contributed by atoms with Crippen LogP contribution in [0, 0.1) is 0 Å². The number of hydrogen-bond acceptors (Lipinski definition) is 5. The highest BCUT2D eigenvalue weighted by Crippen LogP contribution is 1.88. The fraction of sp³-hybridized carbons (Fsp3) is 0.500. The highest BCUT2D eigenvalue weighted by atomic mass is 16.7. The highest BCUT2D eigenvalue weighted by molar-refractivity contribution is 5.80. The third-order valence-electron chi connectivity index (χ3n) is 0.835. The van der Waals surface area contributed by atoms with E-state index in [1.165, 1.54) is 0 Å². The number of carboxylic acids is 1. The molecule has 0 aliphatic carbocycles. The maximum Gasteiger partial charge on any atom is 0.326 e. The summed E-state index contributed by atoms with van der Waals surface area (Å²) < 4.78 is 0. The van der Waals surface area contributed by atoms with Crippen molar-refractivity contribution in [3.63, 3.8) is 0 Å². The van der Waals surface area contributed by atoms with Gasteiger partial charge in [-0.2, -0.15) is 5.90 Å². The molecule has 0 rings (SSSR count). The van der Waals surface area contributed by atoms with Crippen LogP contribution in [-0.4, -0.2) is 23.1 Å². The summed E-state index contributed by atoms with van der Waals surface area (Å²) in [6.07, 6.45) is -0.411. The van der Waals surface area contributed by atoms with Gasteiger partial charge in [0.25, 0.3) is 0 Å². The fourth-order valence-corrected chi connectivity index (χ4v) is 0.315. The van der Waals surface area contributed by atoms with Crippen molar-refractivity contribution in [2.45, 2.75) is 12.5 Å². The smallest absolute Gasteiger partial charge is 0.326 e. The zero-order valence-corrected chi connectivity index (χ0v) is 5.11. The topological polar surface area (TPSA) is 116 Å². The molecule has 0 bridgehead atoms. The molecule has 0 fully saturated rings. The normalized spacial score (nSPS) is 12.2. The molecule has 0 spiro atoms. The van der Waals surface area contributed by atoms with Gasteiger partial charge in [0, 0.05) is 0 Å². The molecule has 0 saturated carbocycles. The van der Waals surface area contributed by atoms with Crippen LogP contribution >= 0.6 is 0 Å². The van der Waals surface area contributed by atoms with E-state index in [2.05, 4.69) is 10.7 Å². The Morgan fingerprint density at radius 3 is 2.40 bits per heavy atom. The van der Waals surface area contributed by atoms with Crippen LogP contribution in [0.1, 0.15) is 6.42 Å². The van der Waals surface area contributed by atoms with Crippen molar-refractivity contribution in [2.24, 2.45) is 11.6 Å². The van der Waals surface area contributed by atoms with Crippen LogP contribution in [0.25, 0.3) is 0 Å². The first-order valence-corrected chi connectivity index (χ1v) is 2.46. The van der Waals surface area contributed by atoms with Crippen LogP contribution in [0.15, 0.2) is 0 Å². The lowest BCUT2D eigenvalue weighted by atomic mass is 10.2. The number of carboxylic acid groups (broad SMARTS) is 1. The Bertz CT molecular complexity index is 146. The van der Waals surface area contributed by atoms with Gasteiger partial charge in [0.05, 0.1) is 6.42 Å². The summed E-state index contributed by atoms with van der Waals surface area (Å²) in [5, 5.41) is 8.15. The first kappa shape index (κ1) is 8.86. The second-order valence-electron chi connectivity index (χ2n) is 1.64. The molecule has 5 N–H and O–H groups in total. The number of hydrogen-bond donors (Lipinski definition) is 3. The average molecular weight is 148 g/mol. The summed E-state index contributed by atoms with van der Waals surface area (Å²) in [4.78, 5) is 23.9. The van der Waals surface area contributed by atoms with E-state index < -0.39 is 24.4 Å². The molecule has 10 heavy (non-hydrogen) atoms. The van der Waals surface area contributed by atoms with E-state index in [0.717, 1.165) is 0 Å². The molecule has 0 aliphatic heterocycles. The van der Waals surface area contributed by atoms with Crippen molar-refractivity contribution in [2.75, 3.05) is 0 Å². The van der Waals surface area contributed by atoms with Gasteiger partial charge < -0.3 is 15.7 Å². The minimum atomic E-state index is -1.26. The van der Waals surface area contributed by atoms with Gasteiger partial charge in [0.15, 0.2) is 0 Å². The van der Waals surface area contributed by atoms with E-state index in [4.69, 9.17) is 10.8 Å². The molecule has 0 aromatic carbocycles. The second-order valence-corrected chi connectivity index (χ2v) is 1.64. The number of rotatable bonds is 3. The lowest BCUT2D eigenvalue weighted by Gasteiger charge is -2.01. The number of carbonyl (C=O) groups is 2. The lowest BCUT2D eigenvalue weighted by molar-refractivity contribution is -0.149. The third kappa shape index (κ3) is 3.00. The molecular weight excluding hydrogens is 140 g/mol. The molecule has 0 aliphatic rings. The van der Waals surface area contributed by atoms with E-state index in [1.807, 2.05) is 0 Å². The summed E-state index contributed by atoms with van der Waals surface area (Å²) in [7, 11) is 0. The van der Waals surface area contributed by atoms with Gasteiger partial charge in [-0.1, -0.05) is 0 Å². The summed E-state index contributed by atoms with van der Waals surface area (Å²) in [6, 6.07) is -1.24. The van der Waals surface area contributed by atoms with E-state index >= 15 is 0 Å². The molecule has 0 amide bonds. The maximum absolute atomic E-state index is 10.2. The van der Waals surface area contributed by atoms with Crippen LogP contribution in [0.5, 0.6) is 0 Å². The molecule has 0 radical (unpaired) electrons. The Balaban J connectivity index is 3.68. The largest absolute Gasteiger partial charge is 0.480 e. The number of aliphatic carboxylic acids is 1. The van der Waals surface area contributed by atoms with E-state index in [1.54, 1.807) is 0 Å². The van der Waals surface area contributed by atoms with Crippen LogP contribution < -0.4 is 11.6 Å². The Labute approximate surface area is 56.7 Å². The molecule has 0 aromatic rings.